The second-order valence-corrected chi connectivity index (χ2v) is 11.5. The van der Waals surface area contributed by atoms with E-state index in [0.29, 0.717) is 16.9 Å². The van der Waals surface area contributed by atoms with Gasteiger partial charge in [-0.25, -0.2) is 9.59 Å². The van der Waals surface area contributed by atoms with Crippen molar-refractivity contribution in [2.24, 2.45) is 5.73 Å². The quantitative estimate of drug-likeness (QED) is 0.134. The molecule has 0 spiro atoms. The zero-order valence-electron chi connectivity index (χ0n) is 25.5. The Kier molecular flexibility index (Phi) is 10.1. The fourth-order valence-electron chi connectivity index (χ4n) is 5.28. The molecule has 5 N–H and O–H groups in total. The lowest BCUT2D eigenvalue weighted by Gasteiger charge is -2.13. The third-order valence-corrected chi connectivity index (χ3v) is 7.88. The third kappa shape index (κ3) is 8.98. The van der Waals surface area contributed by atoms with Crippen molar-refractivity contribution in [1.82, 2.24) is 0 Å². The van der Waals surface area contributed by atoms with Gasteiger partial charge < -0.3 is 20.9 Å². The van der Waals surface area contributed by atoms with Crippen LogP contribution < -0.4 is 16.4 Å². The van der Waals surface area contributed by atoms with Gasteiger partial charge in [0, 0.05) is 28.4 Å². The molecule has 6 rings (SSSR count). The fraction of sp³-hybridized carbons (Fsp3) is 0.162. The average molecular weight is 656 g/mol. The Morgan fingerprint density at radius 1 is 0.771 bits per heavy atom. The van der Waals surface area contributed by atoms with Gasteiger partial charge >= 0.3 is 18.2 Å². The molecule has 0 radical (unpaired) electrons. The number of aliphatic carboxylic acids is 1. The van der Waals surface area contributed by atoms with Crippen LogP contribution in [0.25, 0.3) is 10.8 Å². The maximum Gasteiger partial charge on any atom is 0.490 e. The van der Waals surface area contributed by atoms with Crippen LogP contribution in [0.4, 0.5) is 29.3 Å². The molecule has 0 heterocycles. The number of halogens is 3. The number of alkyl halides is 3. The molecule has 2 amide bonds. The van der Waals surface area contributed by atoms with E-state index in [1.165, 1.54) is 21.9 Å². The van der Waals surface area contributed by atoms with Crippen molar-refractivity contribution in [1.29, 1.82) is 0 Å². The van der Waals surface area contributed by atoms with Gasteiger partial charge in [0.05, 0.1) is 0 Å². The number of carbonyl (C=O) groups excluding carboxylic acids is 2. The number of carboxylic acids is 1. The van der Waals surface area contributed by atoms with Gasteiger partial charge in [-0.15, -0.1) is 0 Å². The van der Waals surface area contributed by atoms with Gasteiger partial charge in [0.15, 0.2) is 0 Å². The van der Waals surface area contributed by atoms with E-state index in [2.05, 4.69) is 53.1 Å². The van der Waals surface area contributed by atoms with Gasteiger partial charge in [0.2, 0.25) is 0 Å². The Hall–Kier alpha value is -5.68. The smallest absolute Gasteiger partial charge is 0.475 e. The van der Waals surface area contributed by atoms with Gasteiger partial charge in [-0.3, -0.25) is 10.1 Å². The lowest BCUT2D eigenvalue weighted by molar-refractivity contribution is -0.192. The predicted molar refractivity (Wildman–Crippen MR) is 177 cm³/mol. The summed E-state index contributed by atoms with van der Waals surface area (Å²) >= 11 is 0. The molecule has 48 heavy (non-hydrogen) atoms. The van der Waals surface area contributed by atoms with Crippen molar-refractivity contribution in [2.75, 3.05) is 10.6 Å². The van der Waals surface area contributed by atoms with E-state index in [1.54, 1.807) is 24.3 Å². The topological polar surface area (TPSA) is 131 Å². The number of nitrogens with one attached hydrogen (secondary N) is 2. The average Bonchev–Trinajstić information content (AvgIpc) is 3.74. The first-order valence-corrected chi connectivity index (χ1v) is 15.0. The number of nitrogens with two attached hydrogens (primary N) is 1. The van der Waals surface area contributed by atoms with Crippen LogP contribution in [0, 0.1) is 0 Å². The van der Waals surface area contributed by atoms with Crippen LogP contribution in [-0.4, -0.2) is 34.8 Å². The maximum absolute atomic E-state index is 12.8. The zero-order valence-corrected chi connectivity index (χ0v) is 25.5. The molecule has 1 fully saturated rings. The Balaban J connectivity index is 0.000000582. The van der Waals surface area contributed by atoms with Gasteiger partial charge in [-0.2, -0.15) is 13.2 Å². The summed E-state index contributed by atoms with van der Waals surface area (Å²) in [5, 5.41) is 15.2. The molecule has 0 aromatic heterocycles. The Labute approximate surface area is 274 Å². The first kappa shape index (κ1) is 33.7. The highest BCUT2D eigenvalue weighted by atomic mass is 19.4. The van der Waals surface area contributed by atoms with Gasteiger partial charge in [0.25, 0.3) is 5.91 Å². The highest BCUT2D eigenvalue weighted by molar-refractivity contribution is 6.04. The number of benzene rings is 5. The van der Waals surface area contributed by atoms with Crippen LogP contribution in [0.3, 0.4) is 0 Å². The summed E-state index contributed by atoms with van der Waals surface area (Å²) in [5.41, 5.74) is 11.6. The number of anilines is 2. The van der Waals surface area contributed by atoms with Crippen molar-refractivity contribution in [3.05, 3.63) is 144 Å². The van der Waals surface area contributed by atoms with Crippen molar-refractivity contribution in [3.8, 4) is 0 Å². The first-order chi connectivity index (χ1) is 22.9. The number of amides is 2. The van der Waals surface area contributed by atoms with Crippen LogP contribution in [-0.2, 0) is 22.6 Å². The predicted octanol–water partition coefficient (Wildman–Crippen LogP) is 7.90. The minimum atomic E-state index is -5.08. The summed E-state index contributed by atoms with van der Waals surface area (Å²) in [4.78, 5) is 33.8. The van der Waals surface area contributed by atoms with Crippen LogP contribution in [0.2, 0.25) is 0 Å². The molecule has 0 aliphatic heterocycles. The summed E-state index contributed by atoms with van der Waals surface area (Å²) in [6.45, 7) is 0.184. The number of rotatable bonds is 8. The lowest BCUT2D eigenvalue weighted by Crippen LogP contribution is -2.27. The van der Waals surface area contributed by atoms with E-state index in [0.717, 1.165) is 18.4 Å². The molecule has 0 unspecified atom stereocenters. The molecular weight excluding hydrogens is 623 g/mol. The normalized spacial score (nSPS) is 16.6. The van der Waals surface area contributed by atoms with Gasteiger partial charge in [0.1, 0.15) is 6.61 Å². The molecule has 1 aliphatic carbocycles. The highest BCUT2D eigenvalue weighted by Gasteiger charge is 2.51. The summed E-state index contributed by atoms with van der Waals surface area (Å²) in [6.07, 6.45) is -3.87. The Morgan fingerprint density at radius 2 is 1.35 bits per heavy atom. The van der Waals surface area contributed by atoms with E-state index in [-0.39, 0.29) is 24.0 Å². The van der Waals surface area contributed by atoms with Crippen molar-refractivity contribution in [2.45, 2.75) is 37.1 Å². The molecule has 2 atom stereocenters. The second kappa shape index (κ2) is 14.4. The minimum absolute atomic E-state index is 0.184. The standard InChI is InChI=1S/C35H31N3O3.C2HF3O2/c36-35(21-25-10-11-26-8-4-5-9-29(26)20-25)22-32(35)27-12-16-30(17-13-27)37-33(39)28-14-18-31(19-15-28)38-34(40)41-23-24-6-2-1-3-7-24;3-2(4,5)1(6)7/h1-20,32H,21-23,36H2,(H,37,39)(H,38,40);(H,6,7)/t32-,35-;/m0./s1. The van der Waals surface area contributed by atoms with Gasteiger partial charge in [-0.05, 0) is 76.7 Å². The number of carboxylic acid groups (broad SMARTS) is 1. The molecule has 246 valence electrons. The third-order valence-electron chi connectivity index (χ3n) is 7.88. The first-order valence-electron chi connectivity index (χ1n) is 15.0. The van der Waals surface area contributed by atoms with Crippen LogP contribution >= 0.6 is 0 Å². The van der Waals surface area contributed by atoms with E-state index in [1.807, 2.05) is 54.6 Å². The summed E-state index contributed by atoms with van der Waals surface area (Å²) in [5.74, 6) is -2.70. The maximum atomic E-state index is 12.8. The van der Waals surface area contributed by atoms with Crippen molar-refractivity contribution in [3.63, 3.8) is 0 Å². The van der Waals surface area contributed by atoms with E-state index < -0.39 is 18.2 Å². The number of hydrogen-bond donors (Lipinski definition) is 4. The largest absolute Gasteiger partial charge is 0.490 e. The number of carbonyl (C=O) groups is 3. The highest BCUT2D eigenvalue weighted by Crippen LogP contribution is 2.51. The van der Waals surface area contributed by atoms with Crippen LogP contribution in [0.5, 0.6) is 0 Å². The zero-order chi connectivity index (χ0) is 34.3. The number of ether oxygens (including phenoxy) is 1. The Morgan fingerprint density at radius 3 is 2.00 bits per heavy atom. The minimum Gasteiger partial charge on any atom is -0.475 e. The molecule has 8 nitrogen and oxygen atoms in total. The summed E-state index contributed by atoms with van der Waals surface area (Å²) in [6, 6.07) is 39.0. The molecule has 0 bridgehead atoms. The lowest BCUT2D eigenvalue weighted by atomic mass is 9.97. The molecule has 5 aromatic carbocycles. The molecule has 1 saturated carbocycles. The van der Waals surface area contributed by atoms with E-state index >= 15 is 0 Å². The summed E-state index contributed by atoms with van der Waals surface area (Å²) < 4.78 is 37.0. The van der Waals surface area contributed by atoms with Gasteiger partial charge in [-0.1, -0.05) is 84.9 Å². The van der Waals surface area contributed by atoms with E-state index in [9.17, 15) is 22.8 Å². The molecular formula is C37H32F3N3O5. The summed E-state index contributed by atoms with van der Waals surface area (Å²) in [7, 11) is 0. The van der Waals surface area contributed by atoms with Crippen LogP contribution in [0.1, 0.15) is 39.4 Å². The Bertz CT molecular complexity index is 1900. The van der Waals surface area contributed by atoms with E-state index in [4.69, 9.17) is 20.4 Å². The van der Waals surface area contributed by atoms with Crippen LogP contribution in [0.15, 0.2) is 121 Å². The number of hydrogen-bond acceptors (Lipinski definition) is 5. The SMILES string of the molecule is N[C@@]1(Cc2ccc3ccccc3c2)C[C@H]1c1ccc(NC(=O)c2ccc(NC(=O)OCc3ccccc3)cc2)cc1.O=C(O)C(F)(F)F. The fourth-order valence-corrected chi connectivity index (χ4v) is 5.28. The molecule has 11 heteroatoms. The molecule has 5 aromatic rings. The number of fused-ring (bicyclic) bond motifs is 1. The molecule has 0 saturated heterocycles. The monoisotopic (exact) mass is 655 g/mol. The van der Waals surface area contributed by atoms with Crippen molar-refractivity contribution >= 4 is 40.1 Å². The van der Waals surface area contributed by atoms with Crippen molar-refractivity contribution < 1.29 is 37.4 Å². The molecule has 1 aliphatic rings. The second-order valence-electron chi connectivity index (χ2n) is 11.5.